The lowest BCUT2D eigenvalue weighted by atomic mass is 10.1. The summed E-state index contributed by atoms with van der Waals surface area (Å²) in [5, 5.41) is 0. The number of aromatic nitrogens is 1. The lowest BCUT2D eigenvalue weighted by molar-refractivity contribution is 0.422. The molecule has 15 heavy (non-hydrogen) atoms. The number of nitrogens with zero attached hydrogens (tertiary/aromatic N) is 1. The molecule has 2 heterocycles. The standard InChI is InChI=1S/C9H14N2O3S/c10-4-8-5-11-9(14-8)3-7-1-2-15(12,13)6-7/h5,7H,1-4,6,10H2. The van der Waals surface area contributed by atoms with Gasteiger partial charge in [0.1, 0.15) is 5.76 Å². The predicted octanol–water partition coefficient (Wildman–Crippen LogP) is 0.111. The van der Waals surface area contributed by atoms with Crippen LogP contribution >= 0.6 is 0 Å². The molecule has 0 amide bonds. The van der Waals surface area contributed by atoms with Crippen LogP contribution in [0.4, 0.5) is 0 Å². The molecular weight excluding hydrogens is 216 g/mol. The van der Waals surface area contributed by atoms with E-state index in [1.54, 1.807) is 6.20 Å². The first-order valence-corrected chi connectivity index (χ1v) is 6.75. The van der Waals surface area contributed by atoms with Gasteiger partial charge < -0.3 is 10.2 Å². The van der Waals surface area contributed by atoms with Crippen molar-refractivity contribution in [1.29, 1.82) is 0 Å². The van der Waals surface area contributed by atoms with Crippen molar-refractivity contribution in [2.75, 3.05) is 11.5 Å². The highest BCUT2D eigenvalue weighted by Gasteiger charge is 2.28. The molecule has 0 bridgehead atoms. The summed E-state index contributed by atoms with van der Waals surface area (Å²) in [6, 6.07) is 0. The minimum atomic E-state index is -2.81. The van der Waals surface area contributed by atoms with Crippen molar-refractivity contribution >= 4 is 9.84 Å². The molecule has 1 saturated heterocycles. The van der Waals surface area contributed by atoms with E-state index in [2.05, 4.69) is 4.98 Å². The average molecular weight is 230 g/mol. The van der Waals surface area contributed by atoms with E-state index in [0.717, 1.165) is 0 Å². The zero-order valence-electron chi connectivity index (χ0n) is 8.35. The molecule has 1 unspecified atom stereocenters. The first kappa shape index (κ1) is 10.6. The Labute approximate surface area is 88.6 Å². The molecule has 1 fully saturated rings. The van der Waals surface area contributed by atoms with Crippen LogP contribution in [0.5, 0.6) is 0 Å². The molecule has 2 N–H and O–H groups in total. The van der Waals surface area contributed by atoms with Gasteiger partial charge in [0, 0.05) is 6.42 Å². The van der Waals surface area contributed by atoms with Crippen molar-refractivity contribution in [2.45, 2.75) is 19.4 Å². The maximum Gasteiger partial charge on any atom is 0.194 e. The highest BCUT2D eigenvalue weighted by atomic mass is 32.2. The van der Waals surface area contributed by atoms with E-state index in [1.165, 1.54) is 0 Å². The van der Waals surface area contributed by atoms with Crippen molar-refractivity contribution in [3.63, 3.8) is 0 Å². The van der Waals surface area contributed by atoms with E-state index in [4.69, 9.17) is 10.2 Å². The molecule has 5 nitrogen and oxygen atoms in total. The molecule has 1 aromatic rings. The van der Waals surface area contributed by atoms with Gasteiger partial charge in [-0.25, -0.2) is 13.4 Å². The normalized spacial score (nSPS) is 24.5. The Morgan fingerprint density at radius 1 is 1.60 bits per heavy atom. The highest BCUT2D eigenvalue weighted by molar-refractivity contribution is 7.91. The average Bonchev–Trinajstić information content (AvgIpc) is 2.73. The Balaban J connectivity index is 1.98. The smallest absolute Gasteiger partial charge is 0.194 e. The van der Waals surface area contributed by atoms with Gasteiger partial charge in [-0.15, -0.1) is 0 Å². The monoisotopic (exact) mass is 230 g/mol. The summed E-state index contributed by atoms with van der Waals surface area (Å²) in [5.41, 5.74) is 5.38. The largest absolute Gasteiger partial charge is 0.444 e. The third-order valence-electron chi connectivity index (χ3n) is 2.59. The Kier molecular flexibility index (Phi) is 2.79. The number of rotatable bonds is 3. The van der Waals surface area contributed by atoms with Gasteiger partial charge in [0.15, 0.2) is 15.7 Å². The molecule has 0 saturated carbocycles. The van der Waals surface area contributed by atoms with Crippen molar-refractivity contribution in [3.8, 4) is 0 Å². The zero-order valence-corrected chi connectivity index (χ0v) is 9.16. The molecule has 0 spiro atoms. The number of hydrogen-bond acceptors (Lipinski definition) is 5. The number of hydrogen-bond donors (Lipinski definition) is 1. The fourth-order valence-corrected chi connectivity index (χ4v) is 3.68. The summed E-state index contributed by atoms with van der Waals surface area (Å²) in [7, 11) is -2.81. The molecule has 0 radical (unpaired) electrons. The summed E-state index contributed by atoms with van der Waals surface area (Å²) >= 11 is 0. The fraction of sp³-hybridized carbons (Fsp3) is 0.667. The molecule has 0 aliphatic carbocycles. The minimum absolute atomic E-state index is 0.152. The summed E-state index contributed by atoms with van der Waals surface area (Å²) in [6.07, 6.45) is 2.90. The lowest BCUT2D eigenvalue weighted by Crippen LogP contribution is -2.07. The third-order valence-corrected chi connectivity index (χ3v) is 4.43. The van der Waals surface area contributed by atoms with Gasteiger partial charge >= 0.3 is 0 Å². The molecule has 6 heteroatoms. The molecular formula is C9H14N2O3S. The van der Waals surface area contributed by atoms with E-state index in [0.29, 0.717) is 36.8 Å². The SMILES string of the molecule is NCc1cnc(CC2CCS(=O)(=O)C2)o1. The highest BCUT2D eigenvalue weighted by Crippen LogP contribution is 2.22. The van der Waals surface area contributed by atoms with Gasteiger partial charge in [0.25, 0.3) is 0 Å². The van der Waals surface area contributed by atoms with Crippen LogP contribution in [-0.4, -0.2) is 24.9 Å². The summed E-state index contributed by atoms with van der Waals surface area (Å²) in [4.78, 5) is 4.06. The molecule has 0 aromatic carbocycles. The quantitative estimate of drug-likeness (QED) is 0.796. The van der Waals surface area contributed by atoms with Crippen molar-refractivity contribution < 1.29 is 12.8 Å². The maximum absolute atomic E-state index is 11.2. The number of oxazole rings is 1. The Hall–Kier alpha value is -0.880. The number of sulfone groups is 1. The Morgan fingerprint density at radius 2 is 2.40 bits per heavy atom. The second-order valence-corrected chi connectivity index (χ2v) is 6.13. The molecule has 2 rings (SSSR count). The fourth-order valence-electron chi connectivity index (χ4n) is 1.82. The molecule has 1 aliphatic heterocycles. The van der Waals surface area contributed by atoms with Gasteiger partial charge in [-0.1, -0.05) is 0 Å². The van der Waals surface area contributed by atoms with Crippen molar-refractivity contribution in [3.05, 3.63) is 17.8 Å². The zero-order chi connectivity index (χ0) is 10.9. The van der Waals surface area contributed by atoms with Crippen LogP contribution in [0.25, 0.3) is 0 Å². The van der Waals surface area contributed by atoms with E-state index in [9.17, 15) is 8.42 Å². The Morgan fingerprint density at radius 3 is 2.93 bits per heavy atom. The van der Waals surface area contributed by atoms with Gasteiger partial charge in [-0.3, -0.25) is 0 Å². The second kappa shape index (κ2) is 3.94. The van der Waals surface area contributed by atoms with Crippen LogP contribution in [0.2, 0.25) is 0 Å². The molecule has 1 atom stereocenters. The Bertz CT molecular complexity index is 438. The van der Waals surface area contributed by atoms with E-state index in [-0.39, 0.29) is 11.7 Å². The first-order chi connectivity index (χ1) is 7.09. The minimum Gasteiger partial charge on any atom is -0.444 e. The molecule has 1 aliphatic rings. The van der Waals surface area contributed by atoms with Crippen LogP contribution in [-0.2, 0) is 22.8 Å². The first-order valence-electron chi connectivity index (χ1n) is 4.93. The van der Waals surface area contributed by atoms with Crippen LogP contribution in [0.3, 0.4) is 0 Å². The molecule has 84 valence electrons. The predicted molar refractivity (Wildman–Crippen MR) is 54.9 cm³/mol. The maximum atomic E-state index is 11.2. The van der Waals surface area contributed by atoms with Gasteiger partial charge in [0.2, 0.25) is 0 Å². The van der Waals surface area contributed by atoms with E-state index >= 15 is 0 Å². The van der Waals surface area contributed by atoms with Crippen molar-refractivity contribution in [1.82, 2.24) is 4.98 Å². The van der Waals surface area contributed by atoms with Gasteiger partial charge in [-0.2, -0.15) is 0 Å². The number of nitrogens with two attached hydrogens (primary N) is 1. The van der Waals surface area contributed by atoms with Gasteiger partial charge in [0.05, 0.1) is 24.2 Å². The van der Waals surface area contributed by atoms with E-state index in [1.807, 2.05) is 0 Å². The molecule has 1 aromatic heterocycles. The van der Waals surface area contributed by atoms with Crippen LogP contribution in [0, 0.1) is 5.92 Å². The lowest BCUT2D eigenvalue weighted by Gasteiger charge is -2.02. The van der Waals surface area contributed by atoms with Gasteiger partial charge in [-0.05, 0) is 12.3 Å². The summed E-state index contributed by atoms with van der Waals surface area (Å²) in [5.74, 6) is 1.94. The van der Waals surface area contributed by atoms with Crippen LogP contribution < -0.4 is 5.73 Å². The second-order valence-electron chi connectivity index (χ2n) is 3.90. The summed E-state index contributed by atoms with van der Waals surface area (Å²) < 4.78 is 27.8. The van der Waals surface area contributed by atoms with Crippen molar-refractivity contribution in [2.24, 2.45) is 11.7 Å². The van der Waals surface area contributed by atoms with Crippen LogP contribution in [0.15, 0.2) is 10.6 Å². The summed E-state index contributed by atoms with van der Waals surface area (Å²) in [6.45, 7) is 0.329. The van der Waals surface area contributed by atoms with E-state index < -0.39 is 9.84 Å². The topological polar surface area (TPSA) is 86.2 Å². The third kappa shape index (κ3) is 2.57. The van der Waals surface area contributed by atoms with Crippen LogP contribution in [0.1, 0.15) is 18.1 Å².